The number of methoxy groups -OCH3 is 1. The highest BCUT2D eigenvalue weighted by atomic mass is 35.5. The average Bonchev–Trinajstić information content (AvgIpc) is 2.83. The van der Waals surface area contributed by atoms with Gasteiger partial charge in [-0.05, 0) is 50.1 Å². The van der Waals surface area contributed by atoms with Gasteiger partial charge in [0.25, 0.3) is 0 Å². The quantitative estimate of drug-likeness (QED) is 0.226. The molecule has 0 aliphatic rings. The highest BCUT2D eigenvalue weighted by molar-refractivity contribution is 8.00. The molecular weight excluding hydrogens is 498 g/mol. The fourth-order valence-corrected chi connectivity index (χ4v) is 4.01. The summed E-state index contributed by atoms with van der Waals surface area (Å²) in [6, 6.07) is 3.90. The molecule has 0 bridgehead atoms. The largest absolute Gasteiger partial charge is 0.480 e. The maximum absolute atomic E-state index is 15.4. The van der Waals surface area contributed by atoms with E-state index in [-0.39, 0.29) is 29.1 Å². The second-order valence-electron chi connectivity index (χ2n) is 7.58. The molecule has 0 radical (unpaired) electrons. The fraction of sp³-hybridized carbons (Fsp3) is 0.217. The van der Waals surface area contributed by atoms with Gasteiger partial charge in [0.2, 0.25) is 11.8 Å². The average molecular weight is 521 g/mol. The Hall–Kier alpha value is -3.44. The van der Waals surface area contributed by atoms with Gasteiger partial charge in [-0.3, -0.25) is 4.79 Å². The molecule has 184 valence electrons. The molecule has 12 heteroatoms. The van der Waals surface area contributed by atoms with Crippen LogP contribution in [0.3, 0.4) is 0 Å². The van der Waals surface area contributed by atoms with E-state index in [4.69, 9.17) is 22.1 Å². The van der Waals surface area contributed by atoms with Gasteiger partial charge in [-0.2, -0.15) is 4.98 Å². The summed E-state index contributed by atoms with van der Waals surface area (Å²) < 4.78 is 38.2. The third kappa shape index (κ3) is 5.98. The van der Waals surface area contributed by atoms with Gasteiger partial charge >= 0.3 is 0 Å². The number of aldehydes is 1. The van der Waals surface area contributed by atoms with E-state index in [0.717, 1.165) is 18.0 Å². The Kier molecular flexibility index (Phi) is 8.47. The van der Waals surface area contributed by atoms with Crippen LogP contribution in [-0.2, 0) is 4.79 Å². The Morgan fingerprint density at radius 2 is 2.03 bits per heavy atom. The van der Waals surface area contributed by atoms with E-state index in [1.165, 1.54) is 31.6 Å². The molecule has 0 unspecified atom stereocenters. The number of carbonyl (C=O) groups excluding carboxylic acids is 1. The van der Waals surface area contributed by atoms with Crippen molar-refractivity contribution < 1.29 is 18.3 Å². The van der Waals surface area contributed by atoms with Crippen molar-refractivity contribution in [2.24, 2.45) is 0 Å². The molecule has 3 rings (SSSR count). The first-order chi connectivity index (χ1) is 16.7. The van der Waals surface area contributed by atoms with Crippen LogP contribution < -0.4 is 20.1 Å². The van der Waals surface area contributed by atoms with Crippen LogP contribution in [0.2, 0.25) is 5.02 Å². The number of rotatable bonds is 9. The van der Waals surface area contributed by atoms with Crippen LogP contribution in [0, 0.1) is 11.6 Å². The molecule has 2 aromatic heterocycles. The number of hydrogen-bond donors (Lipinski definition) is 2. The number of aromatic nitrogens is 3. The maximum Gasteiger partial charge on any atom is 0.228 e. The van der Waals surface area contributed by atoms with E-state index >= 15 is 4.39 Å². The summed E-state index contributed by atoms with van der Waals surface area (Å²) in [6.07, 6.45) is 4.50. The Morgan fingerprint density at radius 1 is 1.29 bits per heavy atom. The number of ether oxygens (including phenoxy) is 1. The molecule has 2 heterocycles. The van der Waals surface area contributed by atoms with E-state index in [9.17, 15) is 9.18 Å². The van der Waals surface area contributed by atoms with Crippen LogP contribution in [0.5, 0.6) is 5.88 Å². The number of nitrogens with one attached hydrogen (secondary N) is 1. The number of pyridine rings is 1. The van der Waals surface area contributed by atoms with Crippen LogP contribution in [-0.4, -0.2) is 41.4 Å². The first kappa shape index (κ1) is 26.2. The summed E-state index contributed by atoms with van der Waals surface area (Å²) in [6.45, 7) is 3.87. The summed E-state index contributed by atoms with van der Waals surface area (Å²) in [7, 11) is 3.22. The molecular formula is C23H23ClF2N6O2S. The Labute approximate surface area is 210 Å². The molecule has 0 aliphatic heterocycles. The molecule has 0 amide bonds. The van der Waals surface area contributed by atoms with Gasteiger partial charge in [-0.1, -0.05) is 11.6 Å². The zero-order chi connectivity index (χ0) is 25.7. The third-order valence-corrected chi connectivity index (χ3v) is 6.03. The summed E-state index contributed by atoms with van der Waals surface area (Å²) in [4.78, 5) is 26.5. The zero-order valence-electron chi connectivity index (χ0n) is 19.3. The van der Waals surface area contributed by atoms with E-state index < -0.39 is 17.2 Å². The van der Waals surface area contributed by atoms with Crippen molar-refractivity contribution >= 4 is 58.9 Å². The molecule has 3 aromatic rings. The lowest BCUT2D eigenvalue weighted by molar-refractivity contribution is -0.103. The number of nitrogen functional groups attached to an aromatic ring is 1. The second kappa shape index (κ2) is 11.3. The van der Waals surface area contributed by atoms with Crippen LogP contribution in [0.15, 0.2) is 35.5 Å². The minimum atomic E-state index is -0.958. The molecule has 3 N–H and O–H groups in total. The standard InChI is InChI=1S/C23H23ClF2N6O2S/c1-12(2)32(3)21-13(9-29-23(27)30-21)7-14(11-33)19-16(25)5-6-17(20(19)26)31-35-18-8-15(24)10-28-22(18)34-4/h5-12,31H,1-4H3,(H2,27,29,30)/b14-7+. The van der Waals surface area contributed by atoms with Crippen LogP contribution in [0.25, 0.3) is 11.6 Å². The normalized spacial score (nSPS) is 11.5. The number of carbonyl (C=O) groups is 1. The topological polar surface area (TPSA) is 106 Å². The molecule has 35 heavy (non-hydrogen) atoms. The van der Waals surface area contributed by atoms with Gasteiger partial charge in [0.1, 0.15) is 11.6 Å². The van der Waals surface area contributed by atoms with E-state index in [1.54, 1.807) is 18.0 Å². The van der Waals surface area contributed by atoms with Gasteiger partial charge in [0.15, 0.2) is 12.1 Å². The number of nitrogens with two attached hydrogens (primary N) is 1. The molecule has 0 saturated carbocycles. The fourth-order valence-electron chi connectivity index (χ4n) is 3.00. The minimum Gasteiger partial charge on any atom is -0.480 e. The Balaban J connectivity index is 2.02. The molecule has 1 aromatic carbocycles. The van der Waals surface area contributed by atoms with E-state index in [0.29, 0.717) is 27.6 Å². The second-order valence-corrected chi connectivity index (χ2v) is 8.86. The van der Waals surface area contributed by atoms with Gasteiger partial charge < -0.3 is 20.1 Å². The number of anilines is 3. The summed E-state index contributed by atoms with van der Waals surface area (Å²) in [5, 5.41) is 0.356. The lowest BCUT2D eigenvalue weighted by Crippen LogP contribution is -2.27. The molecule has 0 fully saturated rings. The predicted molar refractivity (Wildman–Crippen MR) is 136 cm³/mol. The summed E-state index contributed by atoms with van der Waals surface area (Å²) in [5.74, 6) is -1.15. The van der Waals surface area contributed by atoms with Crippen molar-refractivity contribution in [3.63, 3.8) is 0 Å². The first-order valence-corrected chi connectivity index (χ1v) is 11.5. The first-order valence-electron chi connectivity index (χ1n) is 10.3. The zero-order valence-corrected chi connectivity index (χ0v) is 20.9. The van der Waals surface area contributed by atoms with Crippen molar-refractivity contribution in [3.05, 3.63) is 58.4 Å². The van der Waals surface area contributed by atoms with Crippen LogP contribution in [0.1, 0.15) is 25.0 Å². The van der Waals surface area contributed by atoms with Crippen molar-refractivity contribution in [1.82, 2.24) is 15.0 Å². The monoisotopic (exact) mass is 520 g/mol. The Morgan fingerprint density at radius 3 is 2.69 bits per heavy atom. The summed E-state index contributed by atoms with van der Waals surface area (Å²) >= 11 is 6.95. The SMILES string of the molecule is COc1ncc(Cl)cc1SNc1ccc(F)c(/C(C=O)=C/c2cnc(N)nc2N(C)C(C)C)c1F. The van der Waals surface area contributed by atoms with Gasteiger partial charge in [0, 0.05) is 36.6 Å². The molecule has 0 atom stereocenters. The summed E-state index contributed by atoms with van der Waals surface area (Å²) in [5.41, 5.74) is 5.30. The number of benzene rings is 1. The van der Waals surface area contributed by atoms with Gasteiger partial charge in [-0.15, -0.1) is 0 Å². The molecule has 0 spiro atoms. The highest BCUT2D eigenvalue weighted by Gasteiger charge is 2.20. The predicted octanol–water partition coefficient (Wildman–Crippen LogP) is 5.10. The van der Waals surface area contributed by atoms with E-state index in [2.05, 4.69) is 19.7 Å². The lowest BCUT2D eigenvalue weighted by atomic mass is 10.0. The van der Waals surface area contributed by atoms with Crippen molar-refractivity contribution in [3.8, 4) is 5.88 Å². The highest BCUT2D eigenvalue weighted by Crippen LogP contribution is 2.34. The van der Waals surface area contributed by atoms with Crippen LogP contribution >= 0.6 is 23.5 Å². The van der Waals surface area contributed by atoms with Crippen molar-refractivity contribution in [2.75, 3.05) is 29.5 Å². The third-order valence-electron chi connectivity index (χ3n) is 4.99. The number of nitrogens with zero attached hydrogens (tertiary/aromatic N) is 4. The molecule has 8 nitrogen and oxygen atoms in total. The Bertz CT molecular complexity index is 1270. The molecule has 0 aliphatic carbocycles. The number of hydrogen-bond acceptors (Lipinski definition) is 9. The van der Waals surface area contributed by atoms with Crippen molar-refractivity contribution in [2.45, 2.75) is 24.8 Å². The minimum absolute atomic E-state index is 0.0313. The smallest absolute Gasteiger partial charge is 0.228 e. The lowest BCUT2D eigenvalue weighted by Gasteiger charge is -2.24. The number of allylic oxidation sites excluding steroid dienone is 1. The van der Waals surface area contributed by atoms with Crippen LogP contribution in [0.4, 0.5) is 26.2 Å². The molecule has 0 saturated heterocycles. The maximum atomic E-state index is 15.4. The van der Waals surface area contributed by atoms with E-state index in [1.807, 2.05) is 13.8 Å². The van der Waals surface area contributed by atoms with Gasteiger partial charge in [0.05, 0.1) is 28.3 Å². The number of halogens is 3. The van der Waals surface area contributed by atoms with Gasteiger partial charge in [-0.25, -0.2) is 18.7 Å². The van der Waals surface area contributed by atoms with Crippen molar-refractivity contribution in [1.29, 1.82) is 0 Å².